The van der Waals surface area contributed by atoms with Crippen LogP contribution in [0.4, 0.5) is 0 Å². The molecule has 0 saturated heterocycles. The molecule has 17 heavy (non-hydrogen) atoms. The van der Waals surface area contributed by atoms with Gasteiger partial charge < -0.3 is 20.5 Å². The Morgan fingerprint density at radius 2 is 2.00 bits per heavy atom. The van der Waals surface area contributed by atoms with Crippen LogP contribution in [0.25, 0.3) is 0 Å². The van der Waals surface area contributed by atoms with Gasteiger partial charge in [-0.2, -0.15) is 0 Å². The summed E-state index contributed by atoms with van der Waals surface area (Å²) in [6.45, 7) is 2.48. The van der Waals surface area contributed by atoms with Crippen LogP contribution in [0, 0.1) is 0 Å². The third-order valence-electron chi connectivity index (χ3n) is 3.13. The number of nitrogens with one attached hydrogen (secondary N) is 1. The summed E-state index contributed by atoms with van der Waals surface area (Å²) in [7, 11) is 1.64. The standard InChI is InChI=1S/C12H24N2O3/c1-16-9-10-17-8-4-7-14-11(15)12(13)5-2-3-6-12/h2-10,13H2,1H3,(H,14,15). The molecule has 0 radical (unpaired) electrons. The monoisotopic (exact) mass is 244 g/mol. The van der Waals surface area contributed by atoms with E-state index in [0.29, 0.717) is 26.4 Å². The molecular weight excluding hydrogens is 220 g/mol. The number of ether oxygens (including phenoxy) is 2. The van der Waals surface area contributed by atoms with Gasteiger partial charge in [-0.05, 0) is 19.3 Å². The van der Waals surface area contributed by atoms with E-state index in [4.69, 9.17) is 15.2 Å². The molecule has 0 aliphatic heterocycles. The van der Waals surface area contributed by atoms with E-state index in [1.807, 2.05) is 0 Å². The highest BCUT2D eigenvalue weighted by Gasteiger charge is 2.36. The third kappa shape index (κ3) is 5.02. The molecular formula is C12H24N2O3. The van der Waals surface area contributed by atoms with Crippen molar-refractivity contribution in [3.05, 3.63) is 0 Å². The number of nitrogens with two attached hydrogens (primary N) is 1. The molecule has 0 bridgehead atoms. The molecule has 0 heterocycles. The average molecular weight is 244 g/mol. The van der Waals surface area contributed by atoms with Crippen LogP contribution in [0.5, 0.6) is 0 Å². The second-order valence-electron chi connectivity index (χ2n) is 4.58. The zero-order valence-electron chi connectivity index (χ0n) is 10.7. The first-order valence-electron chi connectivity index (χ1n) is 6.33. The minimum atomic E-state index is -0.614. The van der Waals surface area contributed by atoms with Crippen molar-refractivity contribution < 1.29 is 14.3 Å². The topological polar surface area (TPSA) is 73.6 Å². The first kappa shape index (κ1) is 14.4. The van der Waals surface area contributed by atoms with Gasteiger partial charge in [0.05, 0.1) is 18.8 Å². The number of methoxy groups -OCH3 is 1. The molecule has 1 rings (SSSR count). The molecule has 1 aliphatic rings. The molecule has 1 fully saturated rings. The van der Waals surface area contributed by atoms with Crippen molar-refractivity contribution in [1.82, 2.24) is 5.32 Å². The van der Waals surface area contributed by atoms with Gasteiger partial charge in [0.15, 0.2) is 0 Å². The number of carbonyl (C=O) groups excluding carboxylic acids is 1. The van der Waals surface area contributed by atoms with Gasteiger partial charge in [0.2, 0.25) is 5.91 Å². The molecule has 0 aromatic rings. The Morgan fingerprint density at radius 3 is 2.65 bits per heavy atom. The molecule has 5 nitrogen and oxygen atoms in total. The van der Waals surface area contributed by atoms with Crippen LogP contribution in [-0.4, -0.2) is 44.9 Å². The van der Waals surface area contributed by atoms with Gasteiger partial charge in [0.25, 0.3) is 0 Å². The van der Waals surface area contributed by atoms with Gasteiger partial charge in [-0.25, -0.2) is 0 Å². The van der Waals surface area contributed by atoms with Crippen LogP contribution >= 0.6 is 0 Å². The van der Waals surface area contributed by atoms with Crippen LogP contribution in [0.2, 0.25) is 0 Å². The van der Waals surface area contributed by atoms with E-state index in [9.17, 15) is 4.79 Å². The van der Waals surface area contributed by atoms with Gasteiger partial charge in [0, 0.05) is 20.3 Å². The van der Waals surface area contributed by atoms with Crippen molar-refractivity contribution in [2.24, 2.45) is 5.73 Å². The van der Waals surface area contributed by atoms with Crippen molar-refractivity contribution in [3.8, 4) is 0 Å². The Balaban J connectivity index is 2.00. The van der Waals surface area contributed by atoms with Gasteiger partial charge >= 0.3 is 0 Å². The number of carbonyl (C=O) groups is 1. The molecule has 1 amide bonds. The zero-order valence-corrected chi connectivity index (χ0v) is 10.7. The molecule has 0 unspecified atom stereocenters. The average Bonchev–Trinajstić information content (AvgIpc) is 2.76. The summed E-state index contributed by atoms with van der Waals surface area (Å²) >= 11 is 0. The first-order valence-corrected chi connectivity index (χ1v) is 6.33. The fourth-order valence-electron chi connectivity index (χ4n) is 2.03. The summed E-state index contributed by atoms with van der Waals surface area (Å²) < 4.78 is 10.2. The minimum Gasteiger partial charge on any atom is -0.382 e. The van der Waals surface area contributed by atoms with E-state index < -0.39 is 5.54 Å². The number of amides is 1. The lowest BCUT2D eigenvalue weighted by molar-refractivity contribution is -0.126. The fourth-order valence-corrected chi connectivity index (χ4v) is 2.03. The minimum absolute atomic E-state index is 0.00751. The maximum atomic E-state index is 11.8. The lowest BCUT2D eigenvalue weighted by atomic mass is 9.98. The van der Waals surface area contributed by atoms with Crippen LogP contribution in [0.3, 0.4) is 0 Å². The molecule has 100 valence electrons. The second-order valence-corrected chi connectivity index (χ2v) is 4.58. The molecule has 0 aromatic heterocycles. The Labute approximate surface area is 103 Å². The lowest BCUT2D eigenvalue weighted by Gasteiger charge is -2.22. The van der Waals surface area contributed by atoms with Crippen LogP contribution in [0.1, 0.15) is 32.1 Å². The van der Waals surface area contributed by atoms with Crippen LogP contribution < -0.4 is 11.1 Å². The first-order chi connectivity index (χ1) is 8.19. The van der Waals surface area contributed by atoms with Gasteiger partial charge in [-0.1, -0.05) is 12.8 Å². The highest BCUT2D eigenvalue weighted by molar-refractivity contribution is 5.86. The highest BCUT2D eigenvalue weighted by Crippen LogP contribution is 2.27. The SMILES string of the molecule is COCCOCCCNC(=O)C1(N)CCCC1. The predicted molar refractivity (Wildman–Crippen MR) is 65.7 cm³/mol. The number of hydrogen-bond acceptors (Lipinski definition) is 4. The van der Waals surface area contributed by atoms with Crippen molar-refractivity contribution in [2.75, 3.05) is 33.5 Å². The molecule has 5 heteroatoms. The van der Waals surface area contributed by atoms with Gasteiger partial charge in [-0.3, -0.25) is 4.79 Å². The van der Waals surface area contributed by atoms with Crippen LogP contribution in [-0.2, 0) is 14.3 Å². The zero-order chi connectivity index (χ0) is 12.6. The van der Waals surface area contributed by atoms with E-state index >= 15 is 0 Å². The Bertz CT molecular complexity index is 228. The predicted octanol–water partition coefficient (Wildman–Crippen LogP) is 0.427. The Morgan fingerprint density at radius 1 is 1.29 bits per heavy atom. The smallest absolute Gasteiger partial charge is 0.240 e. The van der Waals surface area contributed by atoms with E-state index in [2.05, 4.69) is 5.32 Å². The number of rotatable bonds is 8. The van der Waals surface area contributed by atoms with Crippen molar-refractivity contribution in [3.63, 3.8) is 0 Å². The molecule has 0 atom stereocenters. The van der Waals surface area contributed by atoms with E-state index in [1.165, 1.54) is 0 Å². The van der Waals surface area contributed by atoms with Crippen LogP contribution in [0.15, 0.2) is 0 Å². The maximum Gasteiger partial charge on any atom is 0.240 e. The van der Waals surface area contributed by atoms with Crippen molar-refractivity contribution in [1.29, 1.82) is 0 Å². The van der Waals surface area contributed by atoms with E-state index in [-0.39, 0.29) is 5.91 Å². The summed E-state index contributed by atoms with van der Waals surface area (Å²) in [5.74, 6) is -0.00751. The van der Waals surface area contributed by atoms with Gasteiger partial charge in [-0.15, -0.1) is 0 Å². The van der Waals surface area contributed by atoms with E-state index in [0.717, 1.165) is 32.1 Å². The third-order valence-corrected chi connectivity index (χ3v) is 3.13. The summed E-state index contributed by atoms with van der Waals surface area (Å²) in [6.07, 6.45) is 4.55. The van der Waals surface area contributed by atoms with Crippen molar-refractivity contribution in [2.45, 2.75) is 37.6 Å². The summed E-state index contributed by atoms with van der Waals surface area (Å²) in [6, 6.07) is 0. The summed E-state index contributed by atoms with van der Waals surface area (Å²) in [5, 5.41) is 2.88. The molecule has 0 aromatic carbocycles. The second kappa shape index (κ2) is 7.63. The summed E-state index contributed by atoms with van der Waals surface area (Å²) in [5.41, 5.74) is 5.41. The highest BCUT2D eigenvalue weighted by atomic mass is 16.5. The Kier molecular flexibility index (Phi) is 6.47. The summed E-state index contributed by atoms with van der Waals surface area (Å²) in [4.78, 5) is 11.8. The largest absolute Gasteiger partial charge is 0.382 e. The quantitative estimate of drug-likeness (QED) is 0.607. The number of hydrogen-bond donors (Lipinski definition) is 2. The molecule has 0 spiro atoms. The maximum absolute atomic E-state index is 11.8. The molecule has 1 saturated carbocycles. The van der Waals surface area contributed by atoms with Gasteiger partial charge in [0.1, 0.15) is 0 Å². The lowest BCUT2D eigenvalue weighted by Crippen LogP contribution is -2.52. The molecule has 3 N–H and O–H groups in total. The normalized spacial score (nSPS) is 18.2. The van der Waals surface area contributed by atoms with Crippen molar-refractivity contribution >= 4 is 5.91 Å². The van der Waals surface area contributed by atoms with E-state index in [1.54, 1.807) is 7.11 Å². The molecule has 1 aliphatic carbocycles. The fraction of sp³-hybridized carbons (Fsp3) is 0.917. The Hall–Kier alpha value is -0.650.